The Morgan fingerprint density at radius 2 is 2.36 bits per heavy atom. The largest absolute Gasteiger partial charge is 0.476 e. The normalized spacial score (nSPS) is 9.36. The minimum absolute atomic E-state index is 0.100. The van der Waals surface area contributed by atoms with E-state index >= 15 is 0 Å². The predicted octanol–water partition coefficient (Wildman–Crippen LogP) is -0.263. The molecule has 1 aromatic rings. The lowest BCUT2D eigenvalue weighted by Crippen LogP contribution is -2.07. The summed E-state index contributed by atoms with van der Waals surface area (Å²) in [4.78, 5) is 10.9. The lowest BCUT2D eigenvalue weighted by Gasteiger charge is -1.94. The first-order valence-corrected chi connectivity index (χ1v) is 4.03. The second-order valence-corrected chi connectivity index (χ2v) is 2.74. The smallest absolute Gasteiger partial charge is 0.355 e. The number of aromatic nitrogens is 2. The van der Waals surface area contributed by atoms with E-state index in [0.29, 0.717) is 11.3 Å². The first kappa shape index (κ1) is 10.3. The quantitative estimate of drug-likeness (QED) is 0.602. The molecule has 0 fully saturated rings. The predicted molar refractivity (Wildman–Crippen MR) is 50.8 cm³/mol. The fourth-order valence-electron chi connectivity index (χ4n) is 1.19. The number of hydrogen-bond donors (Lipinski definition) is 2. The van der Waals surface area contributed by atoms with Crippen molar-refractivity contribution in [3.63, 3.8) is 0 Å². The molecule has 0 saturated carbocycles. The van der Waals surface area contributed by atoms with E-state index in [1.165, 1.54) is 4.68 Å². The van der Waals surface area contributed by atoms with Gasteiger partial charge in [-0.25, -0.2) is 4.79 Å². The molecule has 5 heteroatoms. The van der Waals surface area contributed by atoms with Crippen molar-refractivity contribution in [2.24, 2.45) is 12.8 Å². The maximum Gasteiger partial charge on any atom is 0.355 e. The summed E-state index contributed by atoms with van der Waals surface area (Å²) in [5, 5.41) is 12.9. The van der Waals surface area contributed by atoms with Gasteiger partial charge in [0.25, 0.3) is 0 Å². The van der Waals surface area contributed by atoms with Crippen LogP contribution in [0.5, 0.6) is 0 Å². The molecule has 0 saturated heterocycles. The summed E-state index contributed by atoms with van der Waals surface area (Å²) in [7, 11) is 1.57. The molecule has 1 aromatic heterocycles. The molecule has 1 rings (SSSR count). The van der Waals surface area contributed by atoms with E-state index in [0.717, 1.165) is 0 Å². The minimum Gasteiger partial charge on any atom is -0.476 e. The first-order valence-electron chi connectivity index (χ1n) is 4.03. The van der Waals surface area contributed by atoms with Gasteiger partial charge in [0.1, 0.15) is 0 Å². The van der Waals surface area contributed by atoms with Crippen molar-refractivity contribution in [3.8, 4) is 11.8 Å². The molecule has 14 heavy (non-hydrogen) atoms. The van der Waals surface area contributed by atoms with Crippen LogP contribution in [0.4, 0.5) is 0 Å². The third-order valence-electron chi connectivity index (χ3n) is 1.74. The van der Waals surface area contributed by atoms with Crippen LogP contribution in [0.1, 0.15) is 21.7 Å². The number of nitrogens with zero attached hydrogens (tertiary/aromatic N) is 2. The molecule has 74 valence electrons. The topological polar surface area (TPSA) is 81.1 Å². The van der Waals surface area contributed by atoms with Crippen molar-refractivity contribution in [2.45, 2.75) is 6.92 Å². The van der Waals surface area contributed by atoms with Crippen LogP contribution < -0.4 is 5.73 Å². The number of nitrogens with two attached hydrogens (primary N) is 1. The van der Waals surface area contributed by atoms with Gasteiger partial charge < -0.3 is 10.8 Å². The summed E-state index contributed by atoms with van der Waals surface area (Å²) >= 11 is 0. The van der Waals surface area contributed by atoms with Gasteiger partial charge >= 0.3 is 5.97 Å². The van der Waals surface area contributed by atoms with Crippen LogP contribution in [0, 0.1) is 18.8 Å². The molecule has 0 aromatic carbocycles. The van der Waals surface area contributed by atoms with Crippen molar-refractivity contribution in [1.82, 2.24) is 9.78 Å². The SMILES string of the molecule is Cc1nn(C)c(C(=O)O)c1C#CCN. The van der Waals surface area contributed by atoms with Crippen molar-refractivity contribution < 1.29 is 9.90 Å². The third-order valence-corrected chi connectivity index (χ3v) is 1.74. The monoisotopic (exact) mass is 193 g/mol. The molecule has 1 heterocycles. The average Bonchev–Trinajstić information content (AvgIpc) is 2.37. The van der Waals surface area contributed by atoms with Crippen molar-refractivity contribution in [1.29, 1.82) is 0 Å². The number of aryl methyl sites for hydroxylation is 2. The summed E-state index contributed by atoms with van der Waals surface area (Å²) in [5.74, 6) is 4.29. The lowest BCUT2D eigenvalue weighted by atomic mass is 10.2. The van der Waals surface area contributed by atoms with Crippen molar-refractivity contribution in [2.75, 3.05) is 6.54 Å². The summed E-state index contributed by atoms with van der Waals surface area (Å²) in [5.41, 5.74) is 6.35. The molecule has 0 unspecified atom stereocenters. The van der Waals surface area contributed by atoms with Gasteiger partial charge in [-0.05, 0) is 6.92 Å². The van der Waals surface area contributed by atoms with Crippen LogP contribution in [-0.4, -0.2) is 27.4 Å². The van der Waals surface area contributed by atoms with Gasteiger partial charge in [-0.2, -0.15) is 5.10 Å². The molecule has 0 aliphatic heterocycles. The Bertz CT molecular complexity index is 423. The van der Waals surface area contributed by atoms with Gasteiger partial charge in [0.05, 0.1) is 17.8 Å². The van der Waals surface area contributed by atoms with Gasteiger partial charge in [-0.1, -0.05) is 11.8 Å². The summed E-state index contributed by atoms with van der Waals surface area (Å²) < 4.78 is 1.30. The van der Waals surface area contributed by atoms with Crippen LogP contribution >= 0.6 is 0 Å². The molecule has 3 N–H and O–H groups in total. The van der Waals surface area contributed by atoms with Gasteiger partial charge in [0, 0.05) is 7.05 Å². The molecular weight excluding hydrogens is 182 g/mol. The number of hydrogen-bond acceptors (Lipinski definition) is 3. The number of carboxylic acid groups (broad SMARTS) is 1. The maximum atomic E-state index is 10.9. The third kappa shape index (κ3) is 1.75. The minimum atomic E-state index is -1.03. The van der Waals surface area contributed by atoms with Crippen molar-refractivity contribution >= 4 is 5.97 Å². The van der Waals surface area contributed by atoms with E-state index in [-0.39, 0.29) is 12.2 Å². The molecule has 0 bridgehead atoms. The summed E-state index contributed by atoms with van der Waals surface area (Å²) in [6, 6.07) is 0. The highest BCUT2D eigenvalue weighted by molar-refractivity contribution is 5.89. The molecule has 0 aliphatic rings. The maximum absolute atomic E-state index is 10.9. The van der Waals surface area contributed by atoms with E-state index in [4.69, 9.17) is 10.8 Å². The molecule has 0 atom stereocenters. The van der Waals surface area contributed by atoms with E-state index in [9.17, 15) is 4.79 Å². The second-order valence-electron chi connectivity index (χ2n) is 2.74. The highest BCUT2D eigenvalue weighted by Gasteiger charge is 2.17. The van der Waals surface area contributed by atoms with Crippen LogP contribution in [0.25, 0.3) is 0 Å². The van der Waals surface area contributed by atoms with Crippen LogP contribution in [-0.2, 0) is 7.05 Å². The second kappa shape index (κ2) is 3.94. The summed E-state index contributed by atoms with van der Waals surface area (Å²) in [6.07, 6.45) is 0. The Hall–Kier alpha value is -1.80. The van der Waals surface area contributed by atoms with Gasteiger partial charge in [0.15, 0.2) is 5.69 Å². The molecule has 0 radical (unpaired) electrons. The molecule has 5 nitrogen and oxygen atoms in total. The average molecular weight is 193 g/mol. The van der Waals surface area contributed by atoms with Crippen LogP contribution in [0.3, 0.4) is 0 Å². The fraction of sp³-hybridized carbons (Fsp3) is 0.333. The van der Waals surface area contributed by atoms with E-state index < -0.39 is 5.97 Å². The molecule has 0 amide bonds. The zero-order valence-corrected chi connectivity index (χ0v) is 8.03. The molecule has 0 spiro atoms. The standard InChI is InChI=1S/C9H11N3O2/c1-6-7(4-3-5-10)8(9(13)14)12(2)11-6/h5,10H2,1-2H3,(H,13,14). The summed E-state index contributed by atoms with van der Waals surface area (Å²) in [6.45, 7) is 1.92. The Labute approximate surface area is 81.5 Å². The van der Waals surface area contributed by atoms with Gasteiger partial charge in [-0.3, -0.25) is 4.68 Å². The Morgan fingerprint density at radius 3 is 2.86 bits per heavy atom. The van der Waals surface area contributed by atoms with Crippen LogP contribution in [0.15, 0.2) is 0 Å². The number of carbonyl (C=O) groups is 1. The van der Waals surface area contributed by atoms with Gasteiger partial charge in [-0.15, -0.1) is 0 Å². The molecule has 0 aliphatic carbocycles. The Kier molecular flexibility index (Phi) is 2.89. The zero-order valence-electron chi connectivity index (χ0n) is 8.03. The number of rotatable bonds is 1. The van der Waals surface area contributed by atoms with E-state index in [1.54, 1.807) is 14.0 Å². The van der Waals surface area contributed by atoms with Crippen molar-refractivity contribution in [3.05, 3.63) is 17.0 Å². The van der Waals surface area contributed by atoms with E-state index in [2.05, 4.69) is 16.9 Å². The fourth-order valence-corrected chi connectivity index (χ4v) is 1.19. The zero-order chi connectivity index (χ0) is 10.7. The highest BCUT2D eigenvalue weighted by atomic mass is 16.4. The van der Waals surface area contributed by atoms with E-state index in [1.807, 2.05) is 0 Å². The van der Waals surface area contributed by atoms with Gasteiger partial charge in [0.2, 0.25) is 0 Å². The lowest BCUT2D eigenvalue weighted by molar-refractivity contribution is 0.0684. The highest BCUT2D eigenvalue weighted by Crippen LogP contribution is 2.11. The Balaban J connectivity index is 3.32. The molecular formula is C9H11N3O2. The van der Waals surface area contributed by atoms with Crippen LogP contribution in [0.2, 0.25) is 0 Å². The first-order chi connectivity index (χ1) is 6.57. The Morgan fingerprint density at radius 1 is 1.71 bits per heavy atom. The number of aromatic carboxylic acids is 1. The number of carboxylic acids is 1.